The van der Waals surface area contributed by atoms with Crippen LogP contribution in [-0.4, -0.2) is 10.9 Å². The van der Waals surface area contributed by atoms with Crippen molar-refractivity contribution in [3.63, 3.8) is 0 Å². The van der Waals surface area contributed by atoms with Crippen molar-refractivity contribution in [3.8, 4) is 0 Å². The number of thiophene rings is 1. The minimum absolute atomic E-state index is 0.199. The summed E-state index contributed by atoms with van der Waals surface area (Å²) in [7, 11) is 0. The summed E-state index contributed by atoms with van der Waals surface area (Å²) >= 11 is 13.2. The molecule has 2 heterocycles. The van der Waals surface area contributed by atoms with Crippen LogP contribution in [0.1, 0.15) is 27.7 Å². The molecule has 0 saturated heterocycles. The summed E-state index contributed by atoms with van der Waals surface area (Å²) in [5.74, 6) is -0.207. The normalized spacial score (nSPS) is 10.5. The quantitative estimate of drug-likeness (QED) is 0.868. The number of nitrogens with one attached hydrogen (secondary N) is 1. The highest BCUT2D eigenvalue weighted by atomic mass is 35.5. The van der Waals surface area contributed by atoms with Crippen molar-refractivity contribution in [2.75, 3.05) is 0 Å². The molecule has 0 aromatic carbocycles. The fourth-order valence-electron chi connectivity index (χ4n) is 1.65. The molecule has 0 fully saturated rings. The number of hydrogen-bond acceptors (Lipinski definition) is 3. The van der Waals surface area contributed by atoms with Crippen LogP contribution in [0.2, 0.25) is 10.2 Å². The molecule has 0 spiro atoms. The van der Waals surface area contributed by atoms with E-state index in [0.29, 0.717) is 12.1 Å². The Bertz CT molecular complexity index is 598. The molecule has 3 nitrogen and oxygen atoms in total. The molecule has 6 heteroatoms. The maximum Gasteiger partial charge on any atom is 0.253 e. The highest BCUT2D eigenvalue weighted by Gasteiger charge is 2.10. The number of halogens is 2. The van der Waals surface area contributed by atoms with Gasteiger partial charge in [0.15, 0.2) is 0 Å². The summed E-state index contributed by atoms with van der Waals surface area (Å²) in [6.45, 7) is 2.61. The van der Waals surface area contributed by atoms with Crippen molar-refractivity contribution in [2.45, 2.75) is 19.9 Å². The van der Waals surface area contributed by atoms with E-state index in [0.717, 1.165) is 6.42 Å². The first-order valence-electron chi connectivity index (χ1n) is 5.76. The second kappa shape index (κ2) is 6.37. The molecule has 0 unspecified atom stereocenters. The van der Waals surface area contributed by atoms with Gasteiger partial charge in [0.2, 0.25) is 0 Å². The van der Waals surface area contributed by atoms with Crippen LogP contribution >= 0.6 is 34.5 Å². The van der Waals surface area contributed by atoms with E-state index in [1.165, 1.54) is 22.7 Å². The Morgan fingerprint density at radius 1 is 1.47 bits per heavy atom. The van der Waals surface area contributed by atoms with Crippen LogP contribution in [0.25, 0.3) is 0 Å². The Labute approximate surface area is 125 Å². The van der Waals surface area contributed by atoms with Gasteiger partial charge in [-0.05, 0) is 29.5 Å². The minimum atomic E-state index is -0.207. The molecule has 19 heavy (non-hydrogen) atoms. The smallest absolute Gasteiger partial charge is 0.253 e. The number of rotatable bonds is 4. The first-order chi connectivity index (χ1) is 9.11. The largest absolute Gasteiger partial charge is 0.347 e. The van der Waals surface area contributed by atoms with Gasteiger partial charge in [0.05, 0.1) is 17.1 Å². The van der Waals surface area contributed by atoms with Gasteiger partial charge in [-0.3, -0.25) is 4.79 Å². The third-order valence-corrected chi connectivity index (χ3v) is 4.34. The molecule has 0 bridgehead atoms. The summed E-state index contributed by atoms with van der Waals surface area (Å²) in [6, 6.07) is 3.59. The molecule has 100 valence electrons. The summed E-state index contributed by atoms with van der Waals surface area (Å²) in [6.07, 6.45) is 2.38. The van der Waals surface area contributed by atoms with Crippen LogP contribution in [0.5, 0.6) is 0 Å². The lowest BCUT2D eigenvalue weighted by Gasteiger charge is -2.06. The second-order valence-electron chi connectivity index (χ2n) is 3.90. The Kier molecular flexibility index (Phi) is 4.80. The fourth-order valence-corrected chi connectivity index (χ4v) is 2.83. The molecule has 0 atom stereocenters. The van der Waals surface area contributed by atoms with Gasteiger partial charge in [0.25, 0.3) is 5.91 Å². The SMILES string of the molecule is CCc1ccsc1CNC(=O)c1cnc(Cl)c(Cl)c1. The van der Waals surface area contributed by atoms with Crippen molar-refractivity contribution in [1.82, 2.24) is 10.3 Å². The first kappa shape index (κ1) is 14.3. The van der Waals surface area contributed by atoms with E-state index in [1.54, 1.807) is 11.3 Å². The molecule has 0 radical (unpaired) electrons. The number of aromatic nitrogens is 1. The molecule has 2 rings (SSSR count). The topological polar surface area (TPSA) is 42.0 Å². The van der Waals surface area contributed by atoms with Crippen LogP contribution in [-0.2, 0) is 13.0 Å². The Morgan fingerprint density at radius 2 is 2.26 bits per heavy atom. The Morgan fingerprint density at radius 3 is 2.95 bits per heavy atom. The number of carbonyl (C=O) groups is 1. The second-order valence-corrected chi connectivity index (χ2v) is 5.67. The molecular formula is C13H12Cl2N2OS. The summed E-state index contributed by atoms with van der Waals surface area (Å²) in [4.78, 5) is 17.0. The van der Waals surface area contributed by atoms with Crippen molar-refractivity contribution < 1.29 is 4.79 Å². The monoisotopic (exact) mass is 314 g/mol. The summed E-state index contributed by atoms with van der Waals surface area (Å²) in [5.41, 5.74) is 1.67. The van der Waals surface area contributed by atoms with Crippen LogP contribution in [0, 0.1) is 0 Å². The lowest BCUT2D eigenvalue weighted by molar-refractivity contribution is 0.0951. The van der Waals surface area contributed by atoms with E-state index in [9.17, 15) is 4.79 Å². The molecule has 0 saturated carbocycles. The molecule has 0 aliphatic heterocycles. The Hall–Kier alpha value is -1.10. The molecule has 0 aliphatic carbocycles. The van der Waals surface area contributed by atoms with E-state index in [1.807, 2.05) is 5.38 Å². The number of hydrogen-bond donors (Lipinski definition) is 1. The van der Waals surface area contributed by atoms with Gasteiger partial charge in [-0.15, -0.1) is 11.3 Å². The number of amides is 1. The van der Waals surface area contributed by atoms with Crippen molar-refractivity contribution in [3.05, 3.63) is 49.9 Å². The molecule has 0 aliphatic rings. The highest BCUT2D eigenvalue weighted by molar-refractivity contribution is 7.10. The lowest BCUT2D eigenvalue weighted by Crippen LogP contribution is -2.22. The van der Waals surface area contributed by atoms with E-state index in [4.69, 9.17) is 23.2 Å². The van der Waals surface area contributed by atoms with E-state index >= 15 is 0 Å². The molecule has 1 amide bonds. The zero-order valence-corrected chi connectivity index (χ0v) is 12.6. The molecule has 2 aromatic rings. The van der Waals surface area contributed by atoms with Crippen molar-refractivity contribution in [2.24, 2.45) is 0 Å². The number of aryl methyl sites for hydroxylation is 1. The molecular weight excluding hydrogens is 303 g/mol. The summed E-state index contributed by atoms with van der Waals surface area (Å²) < 4.78 is 0. The maximum absolute atomic E-state index is 12.0. The minimum Gasteiger partial charge on any atom is -0.347 e. The molecule has 2 aromatic heterocycles. The predicted octanol–water partition coefficient (Wildman–Crippen LogP) is 3.94. The van der Waals surface area contributed by atoms with Gasteiger partial charge >= 0.3 is 0 Å². The average molecular weight is 315 g/mol. The van der Waals surface area contributed by atoms with Gasteiger partial charge in [-0.2, -0.15) is 0 Å². The van der Waals surface area contributed by atoms with Gasteiger partial charge in [0.1, 0.15) is 5.15 Å². The average Bonchev–Trinajstić information content (AvgIpc) is 2.86. The van der Waals surface area contributed by atoms with Crippen molar-refractivity contribution in [1.29, 1.82) is 0 Å². The first-order valence-corrected chi connectivity index (χ1v) is 7.40. The zero-order valence-electron chi connectivity index (χ0n) is 10.2. The number of carbonyl (C=O) groups excluding carboxylic acids is 1. The summed E-state index contributed by atoms with van der Waals surface area (Å²) in [5, 5.41) is 5.36. The highest BCUT2D eigenvalue weighted by Crippen LogP contribution is 2.20. The number of nitrogens with zero attached hydrogens (tertiary/aromatic N) is 1. The van der Waals surface area contributed by atoms with E-state index in [2.05, 4.69) is 23.3 Å². The maximum atomic E-state index is 12.0. The van der Waals surface area contributed by atoms with E-state index in [-0.39, 0.29) is 16.1 Å². The molecule has 1 N–H and O–H groups in total. The standard InChI is InChI=1S/C13H12Cl2N2OS/c1-2-8-3-4-19-11(8)7-17-13(18)9-5-10(14)12(15)16-6-9/h3-6H,2,7H2,1H3,(H,17,18). The van der Waals surface area contributed by atoms with E-state index < -0.39 is 0 Å². The van der Waals surface area contributed by atoms with Crippen LogP contribution in [0.3, 0.4) is 0 Å². The zero-order chi connectivity index (χ0) is 13.8. The van der Waals surface area contributed by atoms with Gasteiger partial charge in [0, 0.05) is 11.1 Å². The Balaban J connectivity index is 2.03. The van der Waals surface area contributed by atoms with Crippen LogP contribution < -0.4 is 5.32 Å². The van der Waals surface area contributed by atoms with Crippen molar-refractivity contribution >= 4 is 40.4 Å². The van der Waals surface area contributed by atoms with Gasteiger partial charge in [-0.1, -0.05) is 30.1 Å². The predicted molar refractivity (Wildman–Crippen MR) is 79.1 cm³/mol. The van der Waals surface area contributed by atoms with Crippen LogP contribution in [0.15, 0.2) is 23.7 Å². The number of pyridine rings is 1. The fraction of sp³-hybridized carbons (Fsp3) is 0.231. The third kappa shape index (κ3) is 3.47. The third-order valence-electron chi connectivity index (χ3n) is 2.69. The van der Waals surface area contributed by atoms with Gasteiger partial charge in [-0.25, -0.2) is 4.98 Å². The van der Waals surface area contributed by atoms with Crippen LogP contribution in [0.4, 0.5) is 0 Å². The lowest BCUT2D eigenvalue weighted by atomic mass is 10.2. The van der Waals surface area contributed by atoms with Gasteiger partial charge < -0.3 is 5.32 Å².